The predicted octanol–water partition coefficient (Wildman–Crippen LogP) is 2.72. The molecule has 0 aromatic heterocycles. The normalized spacial score (nSPS) is 13.2. The first-order valence-corrected chi connectivity index (χ1v) is 5.23. The summed E-state index contributed by atoms with van der Waals surface area (Å²) >= 11 is 0. The summed E-state index contributed by atoms with van der Waals surface area (Å²) in [5.74, 6) is 0. The van der Waals surface area contributed by atoms with Gasteiger partial charge >= 0.3 is 6.18 Å². The Morgan fingerprint density at radius 1 is 1.13 bits per heavy atom. The SMILES string of the molecule is CCC(CC)(CN)CCOCC(F)(F)F. The second kappa shape index (κ2) is 6.33. The Balaban J connectivity index is 3.82. The van der Waals surface area contributed by atoms with Crippen molar-refractivity contribution in [3.8, 4) is 0 Å². The molecule has 0 aromatic carbocycles. The fourth-order valence-corrected chi connectivity index (χ4v) is 1.47. The van der Waals surface area contributed by atoms with Crippen LogP contribution in [0.3, 0.4) is 0 Å². The molecular weight excluding hydrogens is 207 g/mol. The maximum atomic E-state index is 11.8. The number of nitrogens with two attached hydrogens (primary N) is 1. The molecule has 0 bridgehead atoms. The molecular formula is C10H20F3NO. The third kappa shape index (κ3) is 5.99. The van der Waals surface area contributed by atoms with Crippen LogP contribution in [0.1, 0.15) is 33.1 Å². The third-order valence-corrected chi connectivity index (χ3v) is 2.98. The fourth-order valence-electron chi connectivity index (χ4n) is 1.47. The van der Waals surface area contributed by atoms with Crippen molar-refractivity contribution in [1.29, 1.82) is 0 Å². The van der Waals surface area contributed by atoms with Gasteiger partial charge in [0.05, 0.1) is 0 Å². The van der Waals surface area contributed by atoms with Crippen molar-refractivity contribution in [3.63, 3.8) is 0 Å². The number of halogens is 3. The Kier molecular flexibility index (Phi) is 6.20. The van der Waals surface area contributed by atoms with Crippen molar-refractivity contribution in [2.75, 3.05) is 19.8 Å². The quantitative estimate of drug-likeness (QED) is 0.679. The van der Waals surface area contributed by atoms with Crippen molar-refractivity contribution in [2.45, 2.75) is 39.3 Å². The maximum absolute atomic E-state index is 11.8. The van der Waals surface area contributed by atoms with E-state index in [1.54, 1.807) is 0 Å². The molecule has 0 aliphatic rings. The van der Waals surface area contributed by atoms with Gasteiger partial charge in [-0.1, -0.05) is 13.8 Å². The van der Waals surface area contributed by atoms with Crippen molar-refractivity contribution < 1.29 is 17.9 Å². The number of hydrogen-bond acceptors (Lipinski definition) is 2. The zero-order chi connectivity index (χ0) is 11.9. The molecule has 0 rings (SSSR count). The Morgan fingerprint density at radius 2 is 1.67 bits per heavy atom. The topological polar surface area (TPSA) is 35.2 Å². The van der Waals surface area contributed by atoms with Gasteiger partial charge in [0.2, 0.25) is 0 Å². The summed E-state index contributed by atoms with van der Waals surface area (Å²) in [5, 5.41) is 0. The van der Waals surface area contributed by atoms with Gasteiger partial charge in [-0.05, 0) is 31.2 Å². The Hall–Kier alpha value is -0.290. The minimum atomic E-state index is -4.23. The first-order valence-electron chi connectivity index (χ1n) is 5.23. The number of hydrogen-bond donors (Lipinski definition) is 1. The zero-order valence-corrected chi connectivity index (χ0v) is 9.36. The van der Waals surface area contributed by atoms with Gasteiger partial charge in [-0.2, -0.15) is 13.2 Å². The monoisotopic (exact) mass is 227 g/mol. The van der Waals surface area contributed by atoms with Crippen LogP contribution in [0.25, 0.3) is 0 Å². The molecule has 0 fully saturated rings. The average molecular weight is 227 g/mol. The number of alkyl halides is 3. The van der Waals surface area contributed by atoms with Crippen molar-refractivity contribution >= 4 is 0 Å². The molecule has 15 heavy (non-hydrogen) atoms. The average Bonchev–Trinajstić information content (AvgIpc) is 2.18. The molecule has 0 aromatic rings. The van der Waals surface area contributed by atoms with Crippen LogP contribution in [-0.2, 0) is 4.74 Å². The van der Waals surface area contributed by atoms with E-state index in [0.29, 0.717) is 13.0 Å². The Labute approximate surface area is 89.0 Å². The van der Waals surface area contributed by atoms with Crippen LogP contribution in [0.5, 0.6) is 0 Å². The van der Waals surface area contributed by atoms with Crippen LogP contribution in [-0.4, -0.2) is 25.9 Å². The molecule has 0 unspecified atom stereocenters. The summed E-state index contributed by atoms with van der Waals surface area (Å²) in [5.41, 5.74) is 5.56. The highest BCUT2D eigenvalue weighted by Gasteiger charge is 2.29. The maximum Gasteiger partial charge on any atom is 0.411 e. The molecule has 0 atom stereocenters. The van der Waals surface area contributed by atoms with Gasteiger partial charge in [0.1, 0.15) is 6.61 Å². The van der Waals surface area contributed by atoms with E-state index < -0.39 is 12.8 Å². The summed E-state index contributed by atoms with van der Waals surface area (Å²) in [4.78, 5) is 0. The lowest BCUT2D eigenvalue weighted by atomic mass is 9.80. The van der Waals surface area contributed by atoms with E-state index in [1.165, 1.54) is 0 Å². The minimum absolute atomic E-state index is 0.0639. The summed E-state index contributed by atoms with van der Waals surface area (Å²) in [7, 11) is 0. The largest absolute Gasteiger partial charge is 0.411 e. The summed E-state index contributed by atoms with van der Waals surface area (Å²) in [6.07, 6.45) is -1.90. The van der Waals surface area contributed by atoms with Gasteiger partial charge in [0.15, 0.2) is 0 Å². The molecule has 0 aliphatic carbocycles. The third-order valence-electron chi connectivity index (χ3n) is 2.98. The van der Waals surface area contributed by atoms with E-state index >= 15 is 0 Å². The van der Waals surface area contributed by atoms with Crippen LogP contribution in [0.2, 0.25) is 0 Å². The van der Waals surface area contributed by atoms with E-state index in [4.69, 9.17) is 5.73 Å². The summed E-state index contributed by atoms with van der Waals surface area (Å²) in [6, 6.07) is 0. The molecule has 5 heteroatoms. The van der Waals surface area contributed by atoms with Crippen molar-refractivity contribution in [1.82, 2.24) is 0 Å². The molecule has 0 radical (unpaired) electrons. The van der Waals surface area contributed by atoms with Crippen LogP contribution >= 0.6 is 0 Å². The smallest absolute Gasteiger partial charge is 0.372 e. The summed E-state index contributed by atoms with van der Waals surface area (Å²) < 4.78 is 39.9. The summed E-state index contributed by atoms with van der Waals surface area (Å²) in [6.45, 7) is 3.45. The molecule has 0 aliphatic heterocycles. The van der Waals surface area contributed by atoms with E-state index in [0.717, 1.165) is 12.8 Å². The lowest BCUT2D eigenvalue weighted by Gasteiger charge is -2.29. The van der Waals surface area contributed by atoms with Gasteiger partial charge in [-0.25, -0.2) is 0 Å². The van der Waals surface area contributed by atoms with Gasteiger partial charge in [0.25, 0.3) is 0 Å². The van der Waals surface area contributed by atoms with Crippen molar-refractivity contribution in [2.24, 2.45) is 11.1 Å². The highest BCUT2D eigenvalue weighted by molar-refractivity contribution is 4.77. The number of ether oxygens (including phenoxy) is 1. The molecule has 92 valence electrons. The van der Waals surface area contributed by atoms with Gasteiger partial charge in [-0.3, -0.25) is 0 Å². The number of rotatable bonds is 7. The lowest BCUT2D eigenvalue weighted by molar-refractivity contribution is -0.175. The first kappa shape index (κ1) is 14.7. The van der Waals surface area contributed by atoms with E-state index in [2.05, 4.69) is 4.74 Å². The van der Waals surface area contributed by atoms with E-state index in [1.807, 2.05) is 13.8 Å². The predicted molar refractivity (Wildman–Crippen MR) is 53.6 cm³/mol. The second-order valence-corrected chi connectivity index (χ2v) is 3.83. The minimum Gasteiger partial charge on any atom is -0.372 e. The molecule has 0 amide bonds. The zero-order valence-electron chi connectivity index (χ0n) is 9.36. The molecule has 2 nitrogen and oxygen atoms in total. The van der Waals surface area contributed by atoms with Crippen LogP contribution < -0.4 is 5.73 Å². The van der Waals surface area contributed by atoms with Crippen molar-refractivity contribution in [3.05, 3.63) is 0 Å². The Morgan fingerprint density at radius 3 is 2.00 bits per heavy atom. The van der Waals surface area contributed by atoms with Gasteiger partial charge in [-0.15, -0.1) is 0 Å². The molecule has 2 N–H and O–H groups in total. The molecule has 0 saturated heterocycles. The Bertz CT molecular complexity index is 158. The standard InChI is InChI=1S/C10H20F3NO/c1-3-9(4-2,7-14)5-6-15-8-10(11,12)13/h3-8,14H2,1-2H3. The first-order chi connectivity index (χ1) is 6.89. The molecule has 0 heterocycles. The van der Waals surface area contributed by atoms with E-state index in [-0.39, 0.29) is 12.0 Å². The lowest BCUT2D eigenvalue weighted by Crippen LogP contribution is -2.31. The molecule has 0 saturated carbocycles. The van der Waals surface area contributed by atoms with E-state index in [9.17, 15) is 13.2 Å². The second-order valence-electron chi connectivity index (χ2n) is 3.83. The highest BCUT2D eigenvalue weighted by Crippen LogP contribution is 2.29. The fraction of sp³-hybridized carbons (Fsp3) is 1.00. The van der Waals surface area contributed by atoms with Crippen LogP contribution in [0.4, 0.5) is 13.2 Å². The molecule has 0 spiro atoms. The highest BCUT2D eigenvalue weighted by atomic mass is 19.4. The van der Waals surface area contributed by atoms with Gasteiger partial charge < -0.3 is 10.5 Å². The van der Waals surface area contributed by atoms with Crippen LogP contribution in [0, 0.1) is 5.41 Å². The van der Waals surface area contributed by atoms with Gasteiger partial charge in [0, 0.05) is 6.61 Å². The van der Waals surface area contributed by atoms with Crippen LogP contribution in [0.15, 0.2) is 0 Å².